The Morgan fingerprint density at radius 2 is 0.720 bits per heavy atom. The number of rotatable bonds is 6. The van der Waals surface area contributed by atoms with Crippen LogP contribution in [0.15, 0.2) is 121 Å². The predicted octanol–water partition coefficient (Wildman–Crippen LogP) is 8.25. The second-order valence-electron chi connectivity index (χ2n) is 12.6. The van der Waals surface area contributed by atoms with Gasteiger partial charge in [-0.2, -0.15) is 0 Å². The van der Waals surface area contributed by atoms with Crippen molar-refractivity contribution < 1.29 is 29.3 Å². The predicted molar refractivity (Wildman–Crippen MR) is 193 cm³/mol. The minimum absolute atomic E-state index is 0.105. The van der Waals surface area contributed by atoms with Gasteiger partial charge in [-0.3, -0.25) is 9.59 Å². The first kappa shape index (κ1) is 32.4. The Morgan fingerprint density at radius 1 is 0.420 bits per heavy atom. The van der Waals surface area contributed by atoms with Gasteiger partial charge in [0.15, 0.2) is 11.6 Å². The van der Waals surface area contributed by atoms with Gasteiger partial charge in [0.25, 0.3) is 0 Å². The number of para-hydroxylation sites is 2. The highest BCUT2D eigenvalue weighted by Crippen LogP contribution is 2.39. The van der Waals surface area contributed by atoms with Crippen LogP contribution in [0.4, 0.5) is 0 Å². The van der Waals surface area contributed by atoms with Crippen LogP contribution in [0.5, 0.6) is 23.0 Å². The van der Waals surface area contributed by atoms with Crippen LogP contribution in [-0.4, -0.2) is 36.0 Å². The number of carbonyl (C=O) groups is 2. The Labute approximate surface area is 291 Å². The molecule has 50 heavy (non-hydrogen) atoms. The second-order valence-corrected chi connectivity index (χ2v) is 12.6. The van der Waals surface area contributed by atoms with Crippen molar-refractivity contribution in [2.24, 2.45) is 0 Å². The fourth-order valence-corrected chi connectivity index (χ4v) is 7.01. The molecule has 2 N–H and O–H groups in total. The van der Waals surface area contributed by atoms with Gasteiger partial charge in [0.2, 0.25) is 0 Å². The fraction of sp³-hybridized carbons (Fsp3) is 0.136. The van der Waals surface area contributed by atoms with Gasteiger partial charge < -0.3 is 19.7 Å². The zero-order chi connectivity index (χ0) is 34.8. The van der Waals surface area contributed by atoms with E-state index in [1.807, 2.05) is 72.8 Å². The first-order valence-electron chi connectivity index (χ1n) is 16.5. The normalized spacial score (nSPS) is 12.2. The fourth-order valence-electron chi connectivity index (χ4n) is 7.01. The summed E-state index contributed by atoms with van der Waals surface area (Å²) in [5.41, 5.74) is 7.61. The van der Waals surface area contributed by atoms with E-state index in [1.165, 1.54) is 0 Å². The maximum absolute atomic E-state index is 13.8. The van der Waals surface area contributed by atoms with Crippen molar-refractivity contribution in [3.05, 3.63) is 188 Å². The van der Waals surface area contributed by atoms with Gasteiger partial charge >= 0.3 is 0 Å². The van der Waals surface area contributed by atoms with E-state index in [-0.39, 0.29) is 48.7 Å². The number of hydrogen-bond donors (Lipinski definition) is 2. The molecule has 1 aliphatic carbocycles. The Morgan fingerprint density at radius 3 is 1.00 bits per heavy atom. The minimum Gasteiger partial charge on any atom is -0.507 e. The lowest BCUT2D eigenvalue weighted by molar-refractivity contribution is 0.103. The Bertz CT molecular complexity index is 1990. The Balaban J connectivity index is 1.44. The monoisotopic (exact) mass is 660 g/mol. The van der Waals surface area contributed by atoms with E-state index in [1.54, 1.807) is 62.8 Å². The van der Waals surface area contributed by atoms with Gasteiger partial charge in [0.1, 0.15) is 23.0 Å². The van der Waals surface area contributed by atoms with E-state index >= 15 is 0 Å². The highest BCUT2D eigenvalue weighted by Gasteiger charge is 2.23. The average Bonchev–Trinajstić information content (AvgIpc) is 3.14. The molecule has 6 heteroatoms. The van der Waals surface area contributed by atoms with E-state index < -0.39 is 0 Å². The molecule has 0 aliphatic heterocycles. The SMILES string of the molecule is COc1c2cccc1Cc1cc(C(=O)c3ccccc3)cc(c1O)Cc1cccc(c1OC)Cc1cc(C(=O)c3ccccc3)cc(c1O)C2. The number of ketones is 2. The summed E-state index contributed by atoms with van der Waals surface area (Å²) >= 11 is 0. The van der Waals surface area contributed by atoms with E-state index in [2.05, 4.69) is 0 Å². The molecule has 0 saturated heterocycles. The summed E-state index contributed by atoms with van der Waals surface area (Å²) in [7, 11) is 3.20. The van der Waals surface area contributed by atoms with Gasteiger partial charge in [0.05, 0.1) is 14.2 Å². The third-order valence-corrected chi connectivity index (χ3v) is 9.42. The topological polar surface area (TPSA) is 93.1 Å². The molecule has 0 aromatic heterocycles. The van der Waals surface area contributed by atoms with Crippen molar-refractivity contribution in [1.29, 1.82) is 0 Å². The van der Waals surface area contributed by atoms with E-state index in [0.29, 0.717) is 56.0 Å². The van der Waals surface area contributed by atoms with Crippen LogP contribution in [0.2, 0.25) is 0 Å². The quantitative estimate of drug-likeness (QED) is 0.175. The number of aromatic hydroxyl groups is 2. The van der Waals surface area contributed by atoms with Gasteiger partial charge in [-0.1, -0.05) is 97.1 Å². The van der Waals surface area contributed by atoms with Gasteiger partial charge in [0, 0.05) is 47.9 Å². The van der Waals surface area contributed by atoms with E-state index in [4.69, 9.17) is 9.47 Å². The maximum atomic E-state index is 13.8. The number of phenols is 2. The average molecular weight is 661 g/mol. The molecule has 0 unspecified atom stereocenters. The third-order valence-electron chi connectivity index (χ3n) is 9.42. The van der Waals surface area contributed by atoms with E-state index in [0.717, 1.165) is 22.3 Å². The molecule has 6 nitrogen and oxygen atoms in total. The summed E-state index contributed by atoms with van der Waals surface area (Å²) in [6, 6.07) is 36.8. The molecule has 7 rings (SSSR count). The summed E-state index contributed by atoms with van der Waals surface area (Å²) in [6.07, 6.45) is 1.14. The number of methoxy groups -OCH3 is 2. The number of benzene rings is 6. The van der Waals surface area contributed by atoms with Crippen molar-refractivity contribution in [1.82, 2.24) is 0 Å². The minimum atomic E-state index is -0.140. The summed E-state index contributed by atoms with van der Waals surface area (Å²) < 4.78 is 12.0. The molecular weight excluding hydrogens is 624 g/mol. The molecule has 1 aliphatic rings. The standard InChI is InChI=1S/C44H36O6/c1-49-43-29-15-9-16-30(43)20-34-24-38(40(46)28-13-7-4-8-14-28)26-36(42(34)48)22-32-18-10-17-31(44(32)50-2)21-35-25-37(23-33(19-29)41(35)47)39(45)27-11-5-3-6-12-27/h3-18,23-26,47-48H,19-22H2,1-2H3. The van der Waals surface area contributed by atoms with Crippen LogP contribution >= 0.6 is 0 Å². The lowest BCUT2D eigenvalue weighted by Crippen LogP contribution is -2.08. The van der Waals surface area contributed by atoms with Crippen LogP contribution in [0.25, 0.3) is 0 Å². The smallest absolute Gasteiger partial charge is 0.193 e. The number of fused-ring (bicyclic) bond motifs is 8. The van der Waals surface area contributed by atoms with Gasteiger partial charge in [-0.15, -0.1) is 0 Å². The molecule has 0 atom stereocenters. The highest BCUT2D eigenvalue weighted by molar-refractivity contribution is 6.10. The first-order chi connectivity index (χ1) is 24.3. The lowest BCUT2D eigenvalue weighted by Gasteiger charge is -2.20. The molecule has 0 radical (unpaired) electrons. The summed E-state index contributed by atoms with van der Waals surface area (Å²) in [6.45, 7) is 0. The maximum Gasteiger partial charge on any atom is 0.193 e. The largest absolute Gasteiger partial charge is 0.507 e. The van der Waals surface area contributed by atoms with Crippen molar-refractivity contribution in [2.75, 3.05) is 14.2 Å². The van der Waals surface area contributed by atoms with Crippen molar-refractivity contribution >= 4 is 11.6 Å². The van der Waals surface area contributed by atoms with Crippen LogP contribution < -0.4 is 9.47 Å². The highest BCUT2D eigenvalue weighted by atomic mass is 16.5. The second kappa shape index (κ2) is 13.8. The molecule has 0 amide bonds. The number of carbonyl (C=O) groups excluding carboxylic acids is 2. The van der Waals surface area contributed by atoms with Crippen LogP contribution in [-0.2, 0) is 25.7 Å². The van der Waals surface area contributed by atoms with Crippen molar-refractivity contribution in [3.8, 4) is 23.0 Å². The summed E-state index contributed by atoms with van der Waals surface area (Å²) in [5.74, 6) is 1.14. The molecule has 6 aromatic carbocycles. The van der Waals surface area contributed by atoms with Crippen molar-refractivity contribution in [2.45, 2.75) is 25.7 Å². The van der Waals surface area contributed by atoms with Gasteiger partial charge in [-0.25, -0.2) is 0 Å². The van der Waals surface area contributed by atoms with E-state index in [9.17, 15) is 19.8 Å². The van der Waals surface area contributed by atoms with Crippen LogP contribution in [0.3, 0.4) is 0 Å². The third kappa shape index (κ3) is 6.24. The zero-order valence-electron chi connectivity index (χ0n) is 27.9. The zero-order valence-corrected chi connectivity index (χ0v) is 27.9. The molecular formula is C44H36O6. The Kier molecular flexibility index (Phi) is 8.92. The van der Waals surface area contributed by atoms with Gasteiger partial charge in [-0.05, 0) is 68.8 Å². The lowest BCUT2D eigenvalue weighted by atomic mass is 9.88. The molecule has 0 saturated carbocycles. The number of hydrogen-bond acceptors (Lipinski definition) is 6. The molecule has 8 bridgehead atoms. The molecule has 6 aromatic rings. The number of phenolic OH excluding ortho intramolecular Hbond substituents is 2. The van der Waals surface area contributed by atoms with Crippen LogP contribution in [0, 0.1) is 0 Å². The van der Waals surface area contributed by atoms with Crippen LogP contribution in [0.1, 0.15) is 76.4 Å². The first-order valence-corrected chi connectivity index (χ1v) is 16.5. The molecule has 0 heterocycles. The Hall–Kier alpha value is -6.14. The molecule has 248 valence electrons. The van der Waals surface area contributed by atoms with Crippen molar-refractivity contribution in [3.63, 3.8) is 0 Å². The molecule has 0 spiro atoms. The summed E-state index contributed by atoms with van der Waals surface area (Å²) in [4.78, 5) is 27.5. The molecule has 0 fully saturated rings. The summed E-state index contributed by atoms with van der Waals surface area (Å²) in [5, 5.41) is 23.6. The number of ether oxygens (including phenoxy) is 2.